The zero-order valence-corrected chi connectivity index (χ0v) is 15.2. The lowest BCUT2D eigenvalue weighted by molar-refractivity contribution is 0.0960. The molecule has 0 bridgehead atoms. The zero-order valence-electron chi connectivity index (χ0n) is 15.2. The topological polar surface area (TPSA) is 60.1 Å². The van der Waals surface area contributed by atoms with Crippen LogP contribution in [0.4, 0.5) is 11.5 Å². The summed E-state index contributed by atoms with van der Waals surface area (Å²) >= 11 is 0. The van der Waals surface area contributed by atoms with Crippen molar-refractivity contribution in [1.82, 2.24) is 9.78 Å². The van der Waals surface area contributed by atoms with Crippen LogP contribution in [-0.4, -0.2) is 15.6 Å². The molecule has 0 unspecified atom stereocenters. The maximum atomic E-state index is 13.1. The molecule has 5 heteroatoms. The molecule has 1 aliphatic rings. The van der Waals surface area contributed by atoms with Gasteiger partial charge in [0.05, 0.1) is 23.2 Å². The van der Waals surface area contributed by atoms with Crippen LogP contribution in [0.1, 0.15) is 34.2 Å². The minimum absolute atomic E-state index is 0.0266. The molecule has 0 aliphatic heterocycles. The monoisotopic (exact) mass is 369 g/mol. The van der Waals surface area contributed by atoms with Gasteiger partial charge in [0.2, 0.25) is 0 Å². The highest BCUT2D eigenvalue weighted by atomic mass is 16.3. The number of furan rings is 1. The maximum Gasteiger partial charge on any atom is 0.169 e. The van der Waals surface area contributed by atoms with Gasteiger partial charge in [0, 0.05) is 24.4 Å². The Hall–Kier alpha value is -3.60. The standard InChI is InChI=1S/C23H19N3O2/c27-20-15-16(21-12-7-13-28-21)14-19-22(20)23(24-17-8-3-1-4-9-17)25-26(19)18-10-5-2-6-11-18/h1-13,16H,14-15H2,(H,24,25)/t16-/m0/s1. The molecule has 0 amide bonds. The second-order valence-corrected chi connectivity index (χ2v) is 6.95. The Morgan fingerprint density at radius 1 is 0.929 bits per heavy atom. The molecule has 5 rings (SSSR count). The van der Waals surface area contributed by atoms with E-state index in [2.05, 4.69) is 5.32 Å². The Morgan fingerprint density at radius 3 is 2.39 bits per heavy atom. The summed E-state index contributed by atoms with van der Waals surface area (Å²) in [5, 5.41) is 8.10. The quantitative estimate of drug-likeness (QED) is 0.542. The normalized spacial score (nSPS) is 16.0. The van der Waals surface area contributed by atoms with E-state index in [1.807, 2.05) is 77.5 Å². The number of anilines is 2. The van der Waals surface area contributed by atoms with E-state index in [9.17, 15) is 4.79 Å². The van der Waals surface area contributed by atoms with Crippen molar-refractivity contribution >= 4 is 17.3 Å². The zero-order chi connectivity index (χ0) is 18.9. The van der Waals surface area contributed by atoms with Crippen LogP contribution >= 0.6 is 0 Å². The van der Waals surface area contributed by atoms with Gasteiger partial charge in [-0.1, -0.05) is 36.4 Å². The van der Waals surface area contributed by atoms with Crippen LogP contribution in [0.15, 0.2) is 83.5 Å². The molecule has 0 spiro atoms. The highest BCUT2D eigenvalue weighted by Crippen LogP contribution is 2.38. The average molecular weight is 369 g/mol. The van der Waals surface area contributed by atoms with Gasteiger partial charge in [-0.05, 0) is 36.4 Å². The third-order valence-corrected chi connectivity index (χ3v) is 5.11. The number of hydrogen-bond donors (Lipinski definition) is 1. The predicted molar refractivity (Wildman–Crippen MR) is 107 cm³/mol. The lowest BCUT2D eigenvalue weighted by Crippen LogP contribution is -2.20. The van der Waals surface area contributed by atoms with Crippen LogP contribution in [0.25, 0.3) is 5.69 Å². The molecule has 5 nitrogen and oxygen atoms in total. The molecule has 138 valence electrons. The fraction of sp³-hybridized carbons (Fsp3) is 0.130. The number of nitrogens with zero attached hydrogens (tertiary/aromatic N) is 2. The second kappa shape index (κ2) is 6.85. The van der Waals surface area contributed by atoms with Crippen molar-refractivity contribution in [3.63, 3.8) is 0 Å². The number of fused-ring (bicyclic) bond motifs is 1. The number of nitrogens with one attached hydrogen (secondary N) is 1. The Kier molecular flexibility index (Phi) is 4.05. The van der Waals surface area contributed by atoms with Gasteiger partial charge in [0.25, 0.3) is 0 Å². The summed E-state index contributed by atoms with van der Waals surface area (Å²) in [7, 11) is 0. The molecule has 0 fully saturated rings. The van der Waals surface area contributed by atoms with E-state index in [1.54, 1.807) is 6.26 Å². The summed E-state index contributed by atoms with van der Waals surface area (Å²) < 4.78 is 7.47. The van der Waals surface area contributed by atoms with Crippen molar-refractivity contribution in [3.8, 4) is 5.69 Å². The number of benzene rings is 2. The molecule has 0 saturated carbocycles. The minimum atomic E-state index is 0.0266. The fourth-order valence-corrected chi connectivity index (χ4v) is 3.82. The van der Waals surface area contributed by atoms with E-state index >= 15 is 0 Å². The number of ketones is 1. The number of carbonyl (C=O) groups excluding carboxylic acids is 1. The van der Waals surface area contributed by atoms with E-state index in [-0.39, 0.29) is 11.7 Å². The van der Waals surface area contributed by atoms with Crippen LogP contribution in [0.3, 0.4) is 0 Å². The highest BCUT2D eigenvalue weighted by Gasteiger charge is 2.34. The van der Waals surface area contributed by atoms with Crippen LogP contribution in [0, 0.1) is 0 Å². The summed E-state index contributed by atoms with van der Waals surface area (Å²) in [5.41, 5.74) is 3.44. The minimum Gasteiger partial charge on any atom is -0.469 e. The van der Waals surface area contributed by atoms with Crippen molar-refractivity contribution in [2.75, 3.05) is 5.32 Å². The van der Waals surface area contributed by atoms with E-state index in [0.717, 1.165) is 22.8 Å². The first-order valence-electron chi connectivity index (χ1n) is 9.35. The first kappa shape index (κ1) is 16.6. The Labute approximate surface area is 162 Å². The van der Waals surface area contributed by atoms with Gasteiger partial charge in [0.15, 0.2) is 11.6 Å². The number of rotatable bonds is 4. The molecule has 1 N–H and O–H groups in total. The van der Waals surface area contributed by atoms with Gasteiger partial charge in [-0.15, -0.1) is 5.10 Å². The number of carbonyl (C=O) groups is 1. The fourth-order valence-electron chi connectivity index (χ4n) is 3.82. The number of hydrogen-bond acceptors (Lipinski definition) is 4. The second-order valence-electron chi connectivity index (χ2n) is 6.95. The van der Waals surface area contributed by atoms with Gasteiger partial charge >= 0.3 is 0 Å². The van der Waals surface area contributed by atoms with Crippen molar-refractivity contribution in [2.24, 2.45) is 0 Å². The van der Waals surface area contributed by atoms with E-state index in [0.29, 0.717) is 24.2 Å². The van der Waals surface area contributed by atoms with Gasteiger partial charge in [-0.3, -0.25) is 4.79 Å². The van der Waals surface area contributed by atoms with Gasteiger partial charge < -0.3 is 9.73 Å². The van der Waals surface area contributed by atoms with Crippen molar-refractivity contribution in [3.05, 3.63) is 96.1 Å². The number of Topliss-reactive ketones (excluding diaryl/α,β-unsaturated/α-hetero) is 1. The van der Waals surface area contributed by atoms with Crippen LogP contribution < -0.4 is 5.32 Å². The molecule has 28 heavy (non-hydrogen) atoms. The maximum absolute atomic E-state index is 13.1. The first-order valence-corrected chi connectivity index (χ1v) is 9.35. The molecule has 4 aromatic rings. The number of para-hydroxylation sites is 2. The van der Waals surface area contributed by atoms with E-state index in [4.69, 9.17) is 9.52 Å². The Bertz CT molecular complexity index is 1100. The molecule has 2 aromatic carbocycles. The molecular formula is C23H19N3O2. The molecule has 0 radical (unpaired) electrons. The molecule has 2 aromatic heterocycles. The third kappa shape index (κ3) is 2.91. The van der Waals surface area contributed by atoms with Gasteiger partial charge in [-0.25, -0.2) is 4.68 Å². The summed E-state index contributed by atoms with van der Waals surface area (Å²) in [5.74, 6) is 1.56. The first-order chi connectivity index (χ1) is 13.8. The van der Waals surface area contributed by atoms with Crippen LogP contribution in [-0.2, 0) is 6.42 Å². The third-order valence-electron chi connectivity index (χ3n) is 5.11. The molecule has 2 heterocycles. The summed E-state index contributed by atoms with van der Waals surface area (Å²) in [6.45, 7) is 0. The summed E-state index contributed by atoms with van der Waals surface area (Å²) in [6, 6.07) is 23.5. The van der Waals surface area contributed by atoms with Crippen molar-refractivity contribution < 1.29 is 9.21 Å². The van der Waals surface area contributed by atoms with Crippen molar-refractivity contribution in [2.45, 2.75) is 18.8 Å². The van der Waals surface area contributed by atoms with Crippen molar-refractivity contribution in [1.29, 1.82) is 0 Å². The summed E-state index contributed by atoms with van der Waals surface area (Å²) in [6.07, 6.45) is 2.78. The Morgan fingerprint density at radius 2 is 1.68 bits per heavy atom. The Balaban J connectivity index is 1.62. The lowest BCUT2D eigenvalue weighted by Gasteiger charge is -2.21. The summed E-state index contributed by atoms with van der Waals surface area (Å²) in [4.78, 5) is 13.1. The molecule has 0 saturated heterocycles. The lowest BCUT2D eigenvalue weighted by atomic mass is 9.85. The predicted octanol–water partition coefficient (Wildman–Crippen LogP) is 5.12. The highest BCUT2D eigenvalue weighted by molar-refractivity contribution is 6.03. The SMILES string of the molecule is O=C1C[C@@H](c2ccco2)Cc2c1c(Nc1ccccc1)nn2-c1ccccc1. The van der Waals surface area contributed by atoms with Gasteiger partial charge in [-0.2, -0.15) is 0 Å². The number of aromatic nitrogens is 2. The van der Waals surface area contributed by atoms with Gasteiger partial charge in [0.1, 0.15) is 5.76 Å². The largest absolute Gasteiger partial charge is 0.469 e. The van der Waals surface area contributed by atoms with Crippen LogP contribution in [0.5, 0.6) is 0 Å². The molecular weight excluding hydrogens is 350 g/mol. The smallest absolute Gasteiger partial charge is 0.169 e. The van der Waals surface area contributed by atoms with E-state index < -0.39 is 0 Å². The van der Waals surface area contributed by atoms with E-state index in [1.165, 1.54) is 0 Å². The van der Waals surface area contributed by atoms with Crippen LogP contribution in [0.2, 0.25) is 0 Å². The average Bonchev–Trinajstić information content (AvgIpc) is 3.38. The molecule has 1 atom stereocenters. The molecule has 1 aliphatic carbocycles.